The molecule has 128 valence electrons. The van der Waals surface area contributed by atoms with Crippen LogP contribution in [0.5, 0.6) is 5.75 Å². The van der Waals surface area contributed by atoms with Gasteiger partial charge >= 0.3 is 0 Å². The summed E-state index contributed by atoms with van der Waals surface area (Å²) in [6.45, 7) is 4.15. The van der Waals surface area contributed by atoms with Crippen molar-refractivity contribution in [1.82, 2.24) is 4.98 Å². The van der Waals surface area contributed by atoms with E-state index in [1.54, 1.807) is 12.1 Å². The molecule has 3 rings (SSSR count). The molecule has 0 bridgehead atoms. The number of anilines is 1. The Kier molecular flexibility index (Phi) is 5.20. The number of halogens is 1. The lowest BCUT2D eigenvalue weighted by molar-refractivity contribution is 0.102. The summed E-state index contributed by atoms with van der Waals surface area (Å²) in [6, 6.07) is 14.7. The summed E-state index contributed by atoms with van der Waals surface area (Å²) in [5, 5.41) is 13.2. The Morgan fingerprint density at radius 3 is 2.60 bits per heavy atom. The van der Waals surface area contributed by atoms with Crippen molar-refractivity contribution in [2.24, 2.45) is 0 Å². The second-order valence-electron chi connectivity index (χ2n) is 5.87. The lowest BCUT2D eigenvalue weighted by Crippen LogP contribution is -2.12. The molecule has 1 amide bonds. The zero-order valence-corrected chi connectivity index (χ0v) is 16.2. The molecule has 2 aromatic carbocycles. The molecule has 0 aliphatic rings. The quantitative estimate of drug-likeness (QED) is 0.576. The maximum atomic E-state index is 12.5. The van der Waals surface area contributed by atoms with Crippen LogP contribution in [0.25, 0.3) is 10.4 Å². The van der Waals surface area contributed by atoms with E-state index in [2.05, 4.69) is 40.1 Å². The first kappa shape index (κ1) is 17.6. The third kappa shape index (κ3) is 3.91. The fourth-order valence-corrected chi connectivity index (χ4v) is 3.91. The van der Waals surface area contributed by atoms with Crippen LogP contribution in [-0.2, 0) is 0 Å². The van der Waals surface area contributed by atoms with Crippen molar-refractivity contribution in [3.05, 3.63) is 64.3 Å². The summed E-state index contributed by atoms with van der Waals surface area (Å²) in [7, 11) is 0. The van der Waals surface area contributed by atoms with Crippen LogP contribution >= 0.6 is 27.3 Å². The number of benzene rings is 2. The number of thiazole rings is 1. The molecule has 0 fully saturated rings. The number of amides is 1. The van der Waals surface area contributed by atoms with Gasteiger partial charge in [-0.3, -0.25) is 10.1 Å². The average Bonchev–Trinajstić information content (AvgIpc) is 3.02. The third-order valence-corrected chi connectivity index (χ3v) is 5.19. The molecule has 25 heavy (non-hydrogen) atoms. The topological polar surface area (TPSA) is 62.2 Å². The Bertz CT molecular complexity index is 907. The molecule has 1 aromatic heterocycles. The molecule has 0 atom stereocenters. The second-order valence-corrected chi connectivity index (χ2v) is 7.78. The van der Waals surface area contributed by atoms with Gasteiger partial charge in [0, 0.05) is 4.47 Å². The highest BCUT2D eigenvalue weighted by atomic mass is 79.9. The standard InChI is InChI=1S/C19H17BrN2O2S/c1-11(2)16-17(12-6-4-3-5-7-12)25-19(21-16)22-18(24)14-10-13(20)8-9-15(14)23/h3-11,23H,1-2H3,(H,21,22,24). The van der Waals surface area contributed by atoms with Crippen molar-refractivity contribution in [2.45, 2.75) is 19.8 Å². The monoisotopic (exact) mass is 416 g/mol. The number of carbonyl (C=O) groups excluding carboxylic acids is 1. The molecule has 0 unspecified atom stereocenters. The van der Waals surface area contributed by atoms with E-state index in [1.807, 2.05) is 30.3 Å². The van der Waals surface area contributed by atoms with Gasteiger partial charge in [-0.1, -0.05) is 71.4 Å². The number of hydrogen-bond acceptors (Lipinski definition) is 4. The Balaban J connectivity index is 1.93. The van der Waals surface area contributed by atoms with Gasteiger partial charge in [0.25, 0.3) is 5.91 Å². The highest BCUT2D eigenvalue weighted by Gasteiger charge is 2.19. The number of aromatic nitrogens is 1. The number of hydrogen-bond donors (Lipinski definition) is 2. The minimum Gasteiger partial charge on any atom is -0.507 e. The van der Waals surface area contributed by atoms with Crippen molar-refractivity contribution in [1.29, 1.82) is 0 Å². The first-order valence-corrected chi connectivity index (χ1v) is 9.42. The maximum Gasteiger partial charge on any atom is 0.261 e. The van der Waals surface area contributed by atoms with Crippen LogP contribution < -0.4 is 5.32 Å². The minimum absolute atomic E-state index is 0.0652. The molecule has 0 spiro atoms. The fraction of sp³-hybridized carbons (Fsp3) is 0.158. The van der Waals surface area contributed by atoms with Crippen molar-refractivity contribution in [3.8, 4) is 16.2 Å². The molecule has 0 saturated carbocycles. The van der Waals surface area contributed by atoms with Gasteiger partial charge < -0.3 is 5.11 Å². The van der Waals surface area contributed by atoms with E-state index in [4.69, 9.17) is 0 Å². The van der Waals surface area contributed by atoms with Crippen molar-refractivity contribution < 1.29 is 9.90 Å². The van der Waals surface area contributed by atoms with E-state index < -0.39 is 0 Å². The lowest BCUT2D eigenvalue weighted by Gasteiger charge is -2.05. The SMILES string of the molecule is CC(C)c1nc(NC(=O)c2cc(Br)ccc2O)sc1-c1ccccc1. The van der Waals surface area contributed by atoms with E-state index in [0.717, 1.165) is 20.6 Å². The van der Waals surface area contributed by atoms with Gasteiger partial charge in [0.1, 0.15) is 5.75 Å². The Labute approximate surface area is 158 Å². The minimum atomic E-state index is -0.387. The van der Waals surface area contributed by atoms with E-state index in [0.29, 0.717) is 5.13 Å². The molecule has 0 saturated heterocycles. The van der Waals surface area contributed by atoms with Gasteiger partial charge in [-0.05, 0) is 29.7 Å². The van der Waals surface area contributed by atoms with Gasteiger partial charge in [0.15, 0.2) is 5.13 Å². The zero-order chi connectivity index (χ0) is 18.0. The van der Waals surface area contributed by atoms with Crippen LogP contribution in [-0.4, -0.2) is 16.0 Å². The summed E-state index contributed by atoms with van der Waals surface area (Å²) in [6.07, 6.45) is 0. The Morgan fingerprint density at radius 1 is 1.20 bits per heavy atom. The smallest absolute Gasteiger partial charge is 0.261 e. The normalized spacial score (nSPS) is 10.9. The van der Waals surface area contributed by atoms with E-state index in [-0.39, 0.29) is 23.1 Å². The van der Waals surface area contributed by atoms with Crippen molar-refractivity contribution >= 4 is 38.3 Å². The van der Waals surface area contributed by atoms with Gasteiger partial charge in [0.2, 0.25) is 0 Å². The third-order valence-electron chi connectivity index (χ3n) is 3.66. The molecule has 0 radical (unpaired) electrons. The van der Waals surface area contributed by atoms with Crippen molar-refractivity contribution in [2.75, 3.05) is 5.32 Å². The predicted octanol–water partition coefficient (Wildman–Crippen LogP) is 5.65. The molecule has 1 heterocycles. The zero-order valence-electron chi connectivity index (χ0n) is 13.8. The molecule has 6 heteroatoms. The highest BCUT2D eigenvalue weighted by Crippen LogP contribution is 2.37. The summed E-state index contributed by atoms with van der Waals surface area (Å²) < 4.78 is 0.724. The maximum absolute atomic E-state index is 12.5. The number of carbonyl (C=O) groups is 1. The van der Waals surface area contributed by atoms with Crippen LogP contribution in [0, 0.1) is 0 Å². The van der Waals surface area contributed by atoms with Crippen LogP contribution in [0.1, 0.15) is 35.8 Å². The molecule has 2 N–H and O–H groups in total. The number of phenolic OH excluding ortho intramolecular Hbond substituents is 1. The van der Waals surface area contributed by atoms with Gasteiger partial charge in [-0.2, -0.15) is 0 Å². The number of aromatic hydroxyl groups is 1. The molecule has 0 aliphatic carbocycles. The predicted molar refractivity (Wildman–Crippen MR) is 105 cm³/mol. The number of rotatable bonds is 4. The number of nitrogens with one attached hydrogen (secondary N) is 1. The van der Waals surface area contributed by atoms with Crippen molar-refractivity contribution in [3.63, 3.8) is 0 Å². The van der Waals surface area contributed by atoms with Crippen LogP contribution in [0.2, 0.25) is 0 Å². The van der Waals surface area contributed by atoms with Gasteiger partial charge in [-0.25, -0.2) is 4.98 Å². The first-order valence-electron chi connectivity index (χ1n) is 7.81. The summed E-state index contributed by atoms with van der Waals surface area (Å²) in [5.74, 6) is -0.219. The van der Waals surface area contributed by atoms with E-state index in [1.165, 1.54) is 17.4 Å². The van der Waals surface area contributed by atoms with Crippen LogP contribution in [0.15, 0.2) is 53.0 Å². The van der Waals surface area contributed by atoms with Gasteiger partial charge in [-0.15, -0.1) is 0 Å². The highest BCUT2D eigenvalue weighted by molar-refractivity contribution is 9.10. The van der Waals surface area contributed by atoms with E-state index >= 15 is 0 Å². The summed E-state index contributed by atoms with van der Waals surface area (Å²) in [5.41, 5.74) is 2.23. The van der Waals surface area contributed by atoms with Crippen LogP contribution in [0.3, 0.4) is 0 Å². The second kappa shape index (κ2) is 7.37. The molecule has 0 aliphatic heterocycles. The fourth-order valence-electron chi connectivity index (χ4n) is 2.43. The molecule has 3 aromatic rings. The lowest BCUT2D eigenvalue weighted by atomic mass is 10.1. The molecule has 4 nitrogen and oxygen atoms in total. The largest absolute Gasteiger partial charge is 0.507 e. The van der Waals surface area contributed by atoms with Gasteiger partial charge in [0.05, 0.1) is 16.1 Å². The molecular formula is C19H17BrN2O2S. The Hall–Kier alpha value is -2.18. The number of nitrogens with zero attached hydrogens (tertiary/aromatic N) is 1. The summed E-state index contributed by atoms with van der Waals surface area (Å²) >= 11 is 4.75. The first-order chi connectivity index (χ1) is 12.0. The van der Waals surface area contributed by atoms with Crippen LogP contribution in [0.4, 0.5) is 5.13 Å². The van der Waals surface area contributed by atoms with E-state index in [9.17, 15) is 9.90 Å². The summed E-state index contributed by atoms with van der Waals surface area (Å²) in [4.78, 5) is 18.1. The number of phenols is 1. The Morgan fingerprint density at radius 2 is 1.92 bits per heavy atom. The molecular weight excluding hydrogens is 400 g/mol. The average molecular weight is 417 g/mol.